The zero-order valence-electron chi connectivity index (χ0n) is 15.6. The summed E-state index contributed by atoms with van der Waals surface area (Å²) >= 11 is 0. The number of ether oxygens (including phenoxy) is 1. The zero-order chi connectivity index (χ0) is 19.7. The fraction of sp³-hybridized carbons (Fsp3) is 0.304. The molecule has 1 saturated carbocycles. The molecule has 0 spiro atoms. The Kier molecular flexibility index (Phi) is 4.90. The molecule has 1 fully saturated rings. The van der Waals surface area contributed by atoms with Gasteiger partial charge in [-0.3, -0.25) is 9.59 Å². The molecule has 0 unspecified atom stereocenters. The topological polar surface area (TPSA) is 75.6 Å². The Labute approximate surface area is 164 Å². The molecule has 28 heavy (non-hydrogen) atoms. The summed E-state index contributed by atoms with van der Waals surface area (Å²) in [6.45, 7) is 0. The van der Waals surface area contributed by atoms with Gasteiger partial charge in [0.15, 0.2) is 0 Å². The van der Waals surface area contributed by atoms with E-state index in [0.717, 1.165) is 23.3 Å². The molecule has 2 aliphatic carbocycles. The number of hydrogen-bond donors (Lipinski definition) is 2. The van der Waals surface area contributed by atoms with E-state index in [2.05, 4.69) is 5.32 Å². The average Bonchev–Trinajstić information content (AvgIpc) is 3.34. The maximum absolute atomic E-state index is 13.2. The van der Waals surface area contributed by atoms with Crippen molar-refractivity contribution in [1.82, 2.24) is 5.32 Å². The number of hydrogen-bond acceptors (Lipinski definition) is 3. The normalized spacial score (nSPS) is 26.0. The van der Waals surface area contributed by atoms with Crippen molar-refractivity contribution in [2.24, 2.45) is 23.7 Å². The number of nitrogens with one attached hydrogen (secondary N) is 1. The molecule has 0 aliphatic heterocycles. The molecule has 1 amide bonds. The number of carboxylic acids is 1. The molecule has 2 aromatic rings. The van der Waals surface area contributed by atoms with Crippen molar-refractivity contribution in [2.75, 3.05) is 7.11 Å². The highest BCUT2D eigenvalue weighted by Gasteiger charge is 2.51. The SMILES string of the molecule is COc1ccc([C@H](NC(=O)[C@@H]2[C@H](C(=O)O)[C@H]3C=C[C@H]2C3)c2ccccc2)cc1. The zero-order valence-corrected chi connectivity index (χ0v) is 15.6. The summed E-state index contributed by atoms with van der Waals surface area (Å²) in [4.78, 5) is 25.0. The van der Waals surface area contributed by atoms with Gasteiger partial charge in [0.2, 0.25) is 5.91 Å². The molecule has 5 atom stereocenters. The van der Waals surface area contributed by atoms with Crippen LogP contribution in [0.4, 0.5) is 0 Å². The van der Waals surface area contributed by atoms with E-state index in [0.29, 0.717) is 0 Å². The smallest absolute Gasteiger partial charge is 0.307 e. The molecular weight excluding hydrogens is 354 g/mol. The van der Waals surface area contributed by atoms with Gasteiger partial charge < -0.3 is 15.2 Å². The third-order valence-corrected chi connectivity index (χ3v) is 5.92. The van der Waals surface area contributed by atoms with Gasteiger partial charge in [-0.1, -0.05) is 54.6 Å². The Hall–Kier alpha value is -3.08. The average molecular weight is 377 g/mol. The van der Waals surface area contributed by atoms with Crippen molar-refractivity contribution in [1.29, 1.82) is 0 Å². The number of benzene rings is 2. The second kappa shape index (κ2) is 7.50. The van der Waals surface area contributed by atoms with Crippen molar-refractivity contribution in [2.45, 2.75) is 12.5 Å². The summed E-state index contributed by atoms with van der Waals surface area (Å²) in [7, 11) is 1.61. The number of aliphatic carboxylic acids is 1. The number of carboxylic acid groups (broad SMARTS) is 1. The van der Waals surface area contributed by atoms with Crippen molar-refractivity contribution < 1.29 is 19.4 Å². The second-order valence-electron chi connectivity index (χ2n) is 7.46. The molecule has 2 N–H and O–H groups in total. The maximum atomic E-state index is 13.2. The number of methoxy groups -OCH3 is 1. The highest BCUT2D eigenvalue weighted by Crippen LogP contribution is 2.48. The van der Waals surface area contributed by atoms with Gasteiger partial charge in [-0.05, 0) is 41.5 Å². The van der Waals surface area contributed by atoms with Gasteiger partial charge >= 0.3 is 5.97 Å². The maximum Gasteiger partial charge on any atom is 0.307 e. The highest BCUT2D eigenvalue weighted by molar-refractivity contribution is 5.87. The Morgan fingerprint density at radius 2 is 1.57 bits per heavy atom. The molecule has 5 heteroatoms. The molecule has 5 nitrogen and oxygen atoms in total. The summed E-state index contributed by atoms with van der Waals surface area (Å²) in [5.41, 5.74) is 1.87. The largest absolute Gasteiger partial charge is 0.497 e. The monoisotopic (exact) mass is 377 g/mol. The second-order valence-corrected chi connectivity index (χ2v) is 7.46. The third-order valence-electron chi connectivity index (χ3n) is 5.92. The van der Waals surface area contributed by atoms with E-state index in [1.807, 2.05) is 66.7 Å². The molecule has 0 radical (unpaired) electrons. The van der Waals surface area contributed by atoms with E-state index in [-0.39, 0.29) is 23.8 Å². The van der Waals surface area contributed by atoms with Gasteiger partial charge in [-0.25, -0.2) is 0 Å². The third kappa shape index (κ3) is 3.28. The van der Waals surface area contributed by atoms with E-state index in [9.17, 15) is 14.7 Å². The van der Waals surface area contributed by atoms with Gasteiger partial charge in [0.1, 0.15) is 5.75 Å². The molecule has 4 rings (SSSR count). The first kappa shape index (κ1) is 18.3. The minimum Gasteiger partial charge on any atom is -0.497 e. The fourth-order valence-electron chi connectivity index (χ4n) is 4.56. The highest BCUT2D eigenvalue weighted by atomic mass is 16.5. The van der Waals surface area contributed by atoms with Crippen molar-refractivity contribution in [3.05, 3.63) is 77.9 Å². The summed E-state index contributed by atoms with van der Waals surface area (Å²) in [6, 6.07) is 16.9. The van der Waals surface area contributed by atoms with Crippen molar-refractivity contribution >= 4 is 11.9 Å². The van der Waals surface area contributed by atoms with Crippen LogP contribution in [-0.2, 0) is 9.59 Å². The summed E-state index contributed by atoms with van der Waals surface area (Å²) in [6.07, 6.45) is 4.69. The summed E-state index contributed by atoms with van der Waals surface area (Å²) < 4.78 is 5.23. The standard InChI is InChI=1S/C23H23NO4/c1-28-18-11-9-15(10-12-18)21(14-5-3-2-4-6-14)24-22(25)19-16-7-8-17(13-16)20(19)23(26)27/h2-12,16-17,19-21H,13H2,1H3,(H,24,25)(H,26,27)/t16-,17-,19-,20+,21+/m0/s1. The van der Waals surface area contributed by atoms with Crippen molar-refractivity contribution in [3.63, 3.8) is 0 Å². The lowest BCUT2D eigenvalue weighted by molar-refractivity contribution is -0.147. The van der Waals surface area contributed by atoms with Gasteiger partial charge in [-0.2, -0.15) is 0 Å². The first-order valence-corrected chi connectivity index (χ1v) is 9.49. The van der Waals surface area contributed by atoms with Gasteiger partial charge in [-0.15, -0.1) is 0 Å². The van der Waals surface area contributed by atoms with Crippen LogP contribution in [0.1, 0.15) is 23.6 Å². The van der Waals surface area contributed by atoms with E-state index >= 15 is 0 Å². The lowest BCUT2D eigenvalue weighted by Gasteiger charge is -2.27. The first-order valence-electron chi connectivity index (χ1n) is 9.49. The molecule has 0 aromatic heterocycles. The van der Waals surface area contributed by atoms with Crippen LogP contribution in [0.25, 0.3) is 0 Å². The molecule has 0 heterocycles. The van der Waals surface area contributed by atoms with Crippen LogP contribution in [0.2, 0.25) is 0 Å². The van der Waals surface area contributed by atoms with Gasteiger partial charge in [0, 0.05) is 0 Å². The fourth-order valence-corrected chi connectivity index (χ4v) is 4.56. The Morgan fingerprint density at radius 3 is 2.18 bits per heavy atom. The van der Waals surface area contributed by atoms with E-state index in [1.54, 1.807) is 7.11 Å². The van der Waals surface area contributed by atoms with Crippen molar-refractivity contribution in [3.8, 4) is 5.75 Å². The molecule has 2 aliphatic rings. The van der Waals surface area contributed by atoms with E-state index < -0.39 is 17.8 Å². The molecule has 144 valence electrons. The van der Waals surface area contributed by atoms with E-state index in [4.69, 9.17) is 4.74 Å². The van der Waals surface area contributed by atoms with Crippen LogP contribution >= 0.6 is 0 Å². The van der Waals surface area contributed by atoms with E-state index in [1.165, 1.54) is 0 Å². The van der Waals surface area contributed by atoms with Gasteiger partial charge in [0.25, 0.3) is 0 Å². The van der Waals surface area contributed by atoms with Crippen LogP contribution in [0.3, 0.4) is 0 Å². The number of rotatable bonds is 6. The predicted octanol–water partition coefficient (Wildman–Crippen LogP) is 3.42. The minimum absolute atomic E-state index is 0.00149. The number of carbonyl (C=O) groups is 2. The summed E-state index contributed by atoms with van der Waals surface area (Å²) in [5, 5.41) is 12.8. The van der Waals surface area contributed by atoms with Crippen LogP contribution in [0.5, 0.6) is 5.75 Å². The molecular formula is C23H23NO4. The molecule has 2 bridgehead atoms. The Morgan fingerprint density at radius 1 is 0.964 bits per heavy atom. The first-order chi connectivity index (χ1) is 13.6. The van der Waals surface area contributed by atoms with Crippen LogP contribution in [0, 0.1) is 23.7 Å². The Bertz CT molecular complexity index is 891. The minimum atomic E-state index is -0.891. The lowest BCUT2D eigenvalue weighted by Crippen LogP contribution is -2.41. The Balaban J connectivity index is 1.63. The number of carbonyl (C=O) groups excluding carboxylic acids is 1. The number of fused-ring (bicyclic) bond motifs is 2. The van der Waals surface area contributed by atoms with Crippen LogP contribution in [0.15, 0.2) is 66.7 Å². The van der Waals surface area contributed by atoms with Crippen LogP contribution < -0.4 is 10.1 Å². The molecule has 2 aromatic carbocycles. The predicted molar refractivity (Wildman–Crippen MR) is 105 cm³/mol. The summed E-state index contributed by atoms with van der Waals surface area (Å²) in [5.74, 6) is -1.58. The molecule has 0 saturated heterocycles. The van der Waals surface area contributed by atoms with Gasteiger partial charge in [0.05, 0.1) is 25.0 Å². The quantitative estimate of drug-likeness (QED) is 0.757. The number of amides is 1. The van der Waals surface area contributed by atoms with Crippen LogP contribution in [-0.4, -0.2) is 24.1 Å². The lowest BCUT2D eigenvalue weighted by atomic mass is 9.82. The number of allylic oxidation sites excluding steroid dienone is 2.